The van der Waals surface area contributed by atoms with Crippen molar-refractivity contribution >= 4 is 0 Å². The summed E-state index contributed by atoms with van der Waals surface area (Å²) >= 11 is 0. The molecule has 2 fully saturated rings. The fraction of sp³-hybridized carbons (Fsp3) is 0.625. The molecule has 3 rings (SSSR count). The van der Waals surface area contributed by atoms with Gasteiger partial charge in [0.25, 0.3) is 0 Å². The monoisotopic (exact) mass is 245 g/mol. The number of piperidine rings is 1. The van der Waals surface area contributed by atoms with Crippen LogP contribution in [0.25, 0.3) is 0 Å². The van der Waals surface area contributed by atoms with Crippen LogP contribution >= 0.6 is 0 Å². The maximum absolute atomic E-state index is 5.80. The number of ether oxygens (including phenoxy) is 1. The number of rotatable bonds is 3. The van der Waals surface area contributed by atoms with E-state index >= 15 is 0 Å². The second kappa shape index (κ2) is 4.93. The molecule has 2 heterocycles. The molecule has 0 saturated carbocycles. The topological polar surface area (TPSA) is 21.3 Å². The first kappa shape index (κ1) is 12.0. The molecule has 2 aliphatic rings. The first-order valence-electron chi connectivity index (χ1n) is 7.23. The Morgan fingerprint density at radius 2 is 1.89 bits per heavy atom. The molecule has 1 aromatic carbocycles. The fourth-order valence-electron chi connectivity index (χ4n) is 3.44. The van der Waals surface area contributed by atoms with Crippen molar-refractivity contribution in [3.63, 3.8) is 0 Å². The van der Waals surface area contributed by atoms with Crippen LogP contribution in [0.2, 0.25) is 0 Å². The van der Waals surface area contributed by atoms with Crippen molar-refractivity contribution in [1.82, 2.24) is 5.32 Å². The largest absolute Gasteiger partial charge is 0.491 e. The summed E-state index contributed by atoms with van der Waals surface area (Å²) in [5.74, 6) is 1.74. The highest BCUT2D eigenvalue weighted by Crippen LogP contribution is 2.37. The lowest BCUT2D eigenvalue weighted by atomic mass is 9.86. The van der Waals surface area contributed by atoms with Gasteiger partial charge in [0, 0.05) is 12.1 Å². The third-order valence-electron chi connectivity index (χ3n) is 4.17. The van der Waals surface area contributed by atoms with E-state index in [1.807, 2.05) is 0 Å². The standard InChI is InChI=1S/C16H23NO/c1-11(2)18-16-5-3-4-12(10-16)13-8-14-6-7-15(9-13)17-14/h3-5,10-11,13-15,17H,6-9H2,1-2H3. The van der Waals surface area contributed by atoms with Gasteiger partial charge in [-0.1, -0.05) is 12.1 Å². The van der Waals surface area contributed by atoms with Gasteiger partial charge in [-0.25, -0.2) is 0 Å². The van der Waals surface area contributed by atoms with Crippen LogP contribution in [0.5, 0.6) is 5.75 Å². The Bertz CT molecular complexity index is 403. The lowest BCUT2D eigenvalue weighted by molar-refractivity contribution is 0.242. The Balaban J connectivity index is 1.75. The average molecular weight is 245 g/mol. The van der Waals surface area contributed by atoms with Crippen molar-refractivity contribution in [2.45, 2.75) is 63.6 Å². The average Bonchev–Trinajstić information content (AvgIpc) is 2.68. The smallest absolute Gasteiger partial charge is 0.119 e. The van der Waals surface area contributed by atoms with Gasteiger partial charge < -0.3 is 10.1 Å². The lowest BCUT2D eigenvalue weighted by Crippen LogP contribution is -2.37. The maximum atomic E-state index is 5.80. The number of nitrogens with one attached hydrogen (secondary N) is 1. The minimum atomic E-state index is 0.254. The predicted molar refractivity (Wildman–Crippen MR) is 74.1 cm³/mol. The minimum absolute atomic E-state index is 0.254. The maximum Gasteiger partial charge on any atom is 0.119 e. The molecule has 2 aliphatic heterocycles. The van der Waals surface area contributed by atoms with E-state index in [9.17, 15) is 0 Å². The van der Waals surface area contributed by atoms with Gasteiger partial charge in [-0.05, 0) is 63.1 Å². The highest BCUT2D eigenvalue weighted by molar-refractivity contribution is 5.32. The number of hydrogen-bond acceptors (Lipinski definition) is 2. The molecule has 2 atom stereocenters. The summed E-state index contributed by atoms with van der Waals surface area (Å²) in [5.41, 5.74) is 1.46. The summed E-state index contributed by atoms with van der Waals surface area (Å²) in [7, 11) is 0. The van der Waals surface area contributed by atoms with Crippen LogP contribution in [0.1, 0.15) is 51.0 Å². The molecule has 18 heavy (non-hydrogen) atoms. The van der Waals surface area contributed by atoms with Crippen LogP contribution in [0, 0.1) is 0 Å². The quantitative estimate of drug-likeness (QED) is 0.880. The van der Waals surface area contributed by atoms with E-state index in [-0.39, 0.29) is 6.10 Å². The summed E-state index contributed by atoms with van der Waals surface area (Å²) in [6, 6.07) is 10.2. The van der Waals surface area contributed by atoms with E-state index in [0.717, 1.165) is 23.8 Å². The van der Waals surface area contributed by atoms with Crippen molar-refractivity contribution in [2.24, 2.45) is 0 Å². The van der Waals surface area contributed by atoms with Crippen molar-refractivity contribution < 1.29 is 4.74 Å². The molecule has 0 aliphatic carbocycles. The van der Waals surface area contributed by atoms with E-state index in [2.05, 4.69) is 43.4 Å². The SMILES string of the molecule is CC(C)Oc1cccc(C2CC3CCC(C2)N3)c1. The zero-order valence-corrected chi connectivity index (χ0v) is 11.4. The molecular weight excluding hydrogens is 222 g/mol. The highest BCUT2D eigenvalue weighted by atomic mass is 16.5. The molecule has 98 valence electrons. The third kappa shape index (κ3) is 2.54. The van der Waals surface area contributed by atoms with Crippen LogP contribution in [-0.4, -0.2) is 18.2 Å². The summed E-state index contributed by atoms with van der Waals surface area (Å²) in [6.07, 6.45) is 5.57. The molecule has 1 N–H and O–H groups in total. The Kier molecular flexibility index (Phi) is 3.29. The lowest BCUT2D eigenvalue weighted by Gasteiger charge is -2.29. The second-order valence-electron chi connectivity index (χ2n) is 6.05. The molecular formula is C16H23NO. The molecule has 2 bridgehead atoms. The summed E-state index contributed by atoms with van der Waals surface area (Å²) in [4.78, 5) is 0. The van der Waals surface area contributed by atoms with E-state index in [4.69, 9.17) is 4.74 Å². The van der Waals surface area contributed by atoms with E-state index in [0.29, 0.717) is 0 Å². The molecule has 0 spiro atoms. The number of benzene rings is 1. The van der Waals surface area contributed by atoms with Crippen LogP contribution in [0.3, 0.4) is 0 Å². The van der Waals surface area contributed by atoms with Crippen LogP contribution in [-0.2, 0) is 0 Å². The summed E-state index contributed by atoms with van der Waals surface area (Å²) in [6.45, 7) is 4.16. The third-order valence-corrected chi connectivity index (χ3v) is 4.17. The van der Waals surface area contributed by atoms with Gasteiger partial charge in [0.1, 0.15) is 5.75 Å². The first-order valence-corrected chi connectivity index (χ1v) is 7.23. The fourth-order valence-corrected chi connectivity index (χ4v) is 3.44. The van der Waals surface area contributed by atoms with Gasteiger partial charge in [-0.2, -0.15) is 0 Å². The van der Waals surface area contributed by atoms with Crippen molar-refractivity contribution in [3.05, 3.63) is 29.8 Å². The predicted octanol–water partition coefficient (Wildman–Crippen LogP) is 3.47. The first-order chi connectivity index (χ1) is 8.70. The Morgan fingerprint density at radius 3 is 2.56 bits per heavy atom. The molecule has 1 aromatic rings. The number of fused-ring (bicyclic) bond motifs is 2. The van der Waals surface area contributed by atoms with Crippen LogP contribution in [0.15, 0.2) is 24.3 Å². The summed E-state index contributed by atoms with van der Waals surface area (Å²) in [5, 5.41) is 3.71. The summed E-state index contributed by atoms with van der Waals surface area (Å²) < 4.78 is 5.80. The van der Waals surface area contributed by atoms with E-state index < -0.39 is 0 Å². The van der Waals surface area contributed by atoms with Gasteiger partial charge in [0.05, 0.1) is 6.10 Å². The van der Waals surface area contributed by atoms with Crippen molar-refractivity contribution in [1.29, 1.82) is 0 Å². The molecule has 2 nitrogen and oxygen atoms in total. The van der Waals surface area contributed by atoms with Gasteiger partial charge in [-0.3, -0.25) is 0 Å². The van der Waals surface area contributed by atoms with E-state index in [1.165, 1.54) is 31.2 Å². The highest BCUT2D eigenvalue weighted by Gasteiger charge is 2.33. The Labute approximate surface area is 110 Å². The molecule has 2 saturated heterocycles. The molecule has 0 aromatic heterocycles. The van der Waals surface area contributed by atoms with Crippen molar-refractivity contribution in [3.8, 4) is 5.75 Å². The van der Waals surface area contributed by atoms with Gasteiger partial charge in [-0.15, -0.1) is 0 Å². The van der Waals surface area contributed by atoms with Gasteiger partial charge >= 0.3 is 0 Å². The Hall–Kier alpha value is -1.02. The molecule has 0 radical (unpaired) electrons. The normalized spacial score (nSPS) is 30.7. The number of hydrogen-bond donors (Lipinski definition) is 1. The molecule has 2 heteroatoms. The van der Waals surface area contributed by atoms with Gasteiger partial charge in [0.15, 0.2) is 0 Å². The van der Waals surface area contributed by atoms with Gasteiger partial charge in [0.2, 0.25) is 0 Å². The van der Waals surface area contributed by atoms with Crippen LogP contribution in [0.4, 0.5) is 0 Å². The van der Waals surface area contributed by atoms with E-state index in [1.54, 1.807) is 0 Å². The van der Waals surface area contributed by atoms with Crippen molar-refractivity contribution in [2.75, 3.05) is 0 Å². The second-order valence-corrected chi connectivity index (χ2v) is 6.05. The minimum Gasteiger partial charge on any atom is -0.491 e. The molecule has 0 amide bonds. The molecule has 2 unspecified atom stereocenters. The zero-order valence-electron chi connectivity index (χ0n) is 11.4. The Morgan fingerprint density at radius 1 is 1.17 bits per heavy atom. The zero-order chi connectivity index (χ0) is 12.5. The van der Waals surface area contributed by atoms with Crippen LogP contribution < -0.4 is 10.1 Å².